The van der Waals surface area contributed by atoms with Gasteiger partial charge in [-0.3, -0.25) is 0 Å². The summed E-state index contributed by atoms with van der Waals surface area (Å²) in [5.74, 6) is 0.876. The van der Waals surface area contributed by atoms with Crippen molar-refractivity contribution in [3.8, 4) is 11.3 Å². The van der Waals surface area contributed by atoms with Crippen LogP contribution in [0.25, 0.3) is 11.3 Å². The molecule has 2 aromatic rings. The summed E-state index contributed by atoms with van der Waals surface area (Å²) < 4.78 is 14.8. The molecule has 0 aliphatic carbocycles. The summed E-state index contributed by atoms with van der Waals surface area (Å²) in [6, 6.07) is 6.70. The van der Waals surface area contributed by atoms with Gasteiger partial charge in [0, 0.05) is 34.7 Å². The number of aromatic nitrogens is 2. The molecular formula is C14H13BrFN3. The summed E-state index contributed by atoms with van der Waals surface area (Å²) in [4.78, 5) is 8.96. The summed E-state index contributed by atoms with van der Waals surface area (Å²) in [6.07, 6.45) is 0. The number of hydrogen-bond acceptors (Lipinski definition) is 3. The van der Waals surface area contributed by atoms with Crippen molar-refractivity contribution in [3.05, 3.63) is 46.1 Å². The maximum absolute atomic E-state index is 13.9. The van der Waals surface area contributed by atoms with Crippen LogP contribution >= 0.6 is 15.9 Å². The van der Waals surface area contributed by atoms with Crippen LogP contribution in [0.5, 0.6) is 0 Å². The number of aryl methyl sites for hydroxylation is 1. The number of nitrogens with one attached hydrogen (secondary N) is 1. The molecule has 3 nitrogen and oxygen atoms in total. The standard InChI is InChI=1S/C14H13BrFN3/c1-8-4-13(11-5-10(15)2-3-12(11)16)19-14(18-8)9-6-17-7-9/h2-5,9,17H,6-7H2,1H3. The van der Waals surface area contributed by atoms with Gasteiger partial charge in [-0.05, 0) is 31.2 Å². The van der Waals surface area contributed by atoms with Gasteiger partial charge in [-0.2, -0.15) is 0 Å². The van der Waals surface area contributed by atoms with Crippen molar-refractivity contribution in [1.29, 1.82) is 0 Å². The minimum Gasteiger partial charge on any atom is -0.315 e. The molecule has 1 aromatic carbocycles. The average molecular weight is 322 g/mol. The number of nitrogens with zero attached hydrogens (tertiary/aromatic N) is 2. The van der Waals surface area contributed by atoms with Crippen molar-refractivity contribution < 1.29 is 4.39 Å². The lowest BCUT2D eigenvalue weighted by molar-refractivity contribution is 0.429. The Morgan fingerprint density at radius 1 is 1.26 bits per heavy atom. The highest BCUT2D eigenvalue weighted by molar-refractivity contribution is 9.10. The summed E-state index contributed by atoms with van der Waals surface area (Å²) in [6.45, 7) is 3.70. The van der Waals surface area contributed by atoms with Crippen molar-refractivity contribution in [3.63, 3.8) is 0 Å². The van der Waals surface area contributed by atoms with Crippen LogP contribution in [-0.2, 0) is 0 Å². The van der Waals surface area contributed by atoms with Gasteiger partial charge in [-0.25, -0.2) is 14.4 Å². The van der Waals surface area contributed by atoms with Crippen molar-refractivity contribution in [2.75, 3.05) is 13.1 Å². The summed E-state index contributed by atoms with van der Waals surface area (Å²) in [5.41, 5.74) is 2.02. The lowest BCUT2D eigenvalue weighted by Gasteiger charge is -2.26. The zero-order valence-corrected chi connectivity index (χ0v) is 12.0. The molecule has 5 heteroatoms. The third-order valence-corrected chi connectivity index (χ3v) is 3.72. The second-order valence-corrected chi connectivity index (χ2v) is 5.65. The molecule has 1 N–H and O–H groups in total. The van der Waals surface area contributed by atoms with Gasteiger partial charge in [-0.15, -0.1) is 0 Å². The first-order valence-electron chi connectivity index (χ1n) is 6.15. The first-order chi connectivity index (χ1) is 9.13. The van der Waals surface area contributed by atoms with Crippen molar-refractivity contribution in [2.45, 2.75) is 12.8 Å². The van der Waals surface area contributed by atoms with E-state index in [0.717, 1.165) is 29.1 Å². The van der Waals surface area contributed by atoms with E-state index in [-0.39, 0.29) is 5.82 Å². The van der Waals surface area contributed by atoms with E-state index in [1.807, 2.05) is 13.0 Å². The first kappa shape index (κ1) is 12.7. The SMILES string of the molecule is Cc1cc(-c2cc(Br)ccc2F)nc(C2CNC2)n1. The van der Waals surface area contributed by atoms with E-state index in [1.165, 1.54) is 6.07 Å². The van der Waals surface area contributed by atoms with Crippen LogP contribution in [0.3, 0.4) is 0 Å². The lowest BCUT2D eigenvalue weighted by Crippen LogP contribution is -2.41. The second kappa shape index (κ2) is 4.98. The number of halogens is 2. The van der Waals surface area contributed by atoms with Crippen molar-refractivity contribution in [1.82, 2.24) is 15.3 Å². The predicted molar refractivity (Wildman–Crippen MR) is 75.5 cm³/mol. The van der Waals surface area contributed by atoms with E-state index < -0.39 is 0 Å². The number of rotatable bonds is 2. The third-order valence-electron chi connectivity index (χ3n) is 3.22. The quantitative estimate of drug-likeness (QED) is 0.923. The van der Waals surface area contributed by atoms with E-state index in [9.17, 15) is 4.39 Å². The van der Waals surface area contributed by atoms with Gasteiger partial charge in [0.2, 0.25) is 0 Å². The Morgan fingerprint density at radius 3 is 2.74 bits per heavy atom. The van der Waals surface area contributed by atoms with Gasteiger partial charge >= 0.3 is 0 Å². The van der Waals surface area contributed by atoms with Crippen molar-refractivity contribution in [2.24, 2.45) is 0 Å². The molecule has 3 rings (SSSR count). The largest absolute Gasteiger partial charge is 0.315 e. The molecule has 1 aliphatic rings. The maximum atomic E-state index is 13.9. The van der Waals surface area contributed by atoms with E-state index in [1.54, 1.807) is 12.1 Å². The fraction of sp³-hybridized carbons (Fsp3) is 0.286. The predicted octanol–water partition coefficient (Wildman–Crippen LogP) is 3.04. The second-order valence-electron chi connectivity index (χ2n) is 4.73. The molecule has 0 amide bonds. The summed E-state index contributed by atoms with van der Waals surface area (Å²) in [7, 11) is 0. The van der Waals surface area contributed by atoms with Crippen LogP contribution in [0, 0.1) is 12.7 Å². The Balaban J connectivity index is 2.08. The molecular weight excluding hydrogens is 309 g/mol. The molecule has 1 aliphatic heterocycles. The van der Waals surface area contributed by atoms with Gasteiger partial charge in [-0.1, -0.05) is 15.9 Å². The Hall–Kier alpha value is -1.33. The molecule has 2 heterocycles. The molecule has 1 saturated heterocycles. The maximum Gasteiger partial charge on any atom is 0.134 e. The normalized spacial score (nSPS) is 15.3. The highest BCUT2D eigenvalue weighted by Crippen LogP contribution is 2.27. The zero-order valence-electron chi connectivity index (χ0n) is 10.5. The van der Waals surface area contributed by atoms with Crippen LogP contribution in [0.15, 0.2) is 28.7 Å². The van der Waals surface area contributed by atoms with Gasteiger partial charge < -0.3 is 5.32 Å². The highest BCUT2D eigenvalue weighted by atomic mass is 79.9. The molecule has 19 heavy (non-hydrogen) atoms. The Bertz CT molecular complexity index is 626. The fourth-order valence-corrected chi connectivity index (χ4v) is 2.44. The van der Waals surface area contributed by atoms with Crippen LogP contribution in [0.1, 0.15) is 17.4 Å². The minimum absolute atomic E-state index is 0.265. The monoisotopic (exact) mass is 321 g/mol. The van der Waals surface area contributed by atoms with Crippen LogP contribution in [0.4, 0.5) is 4.39 Å². The molecule has 98 valence electrons. The topological polar surface area (TPSA) is 37.8 Å². The minimum atomic E-state index is -0.265. The Labute approximate surface area is 119 Å². The molecule has 1 fully saturated rings. The van der Waals surface area contributed by atoms with E-state index >= 15 is 0 Å². The lowest BCUT2D eigenvalue weighted by atomic mass is 10.0. The van der Waals surface area contributed by atoms with Gasteiger partial charge in [0.05, 0.1) is 5.69 Å². The smallest absolute Gasteiger partial charge is 0.134 e. The van der Waals surface area contributed by atoms with E-state index in [4.69, 9.17) is 0 Å². The highest BCUT2D eigenvalue weighted by Gasteiger charge is 2.23. The first-order valence-corrected chi connectivity index (χ1v) is 6.94. The average Bonchev–Trinajstić information content (AvgIpc) is 2.29. The van der Waals surface area contributed by atoms with E-state index in [2.05, 4.69) is 31.2 Å². The Morgan fingerprint density at radius 2 is 2.05 bits per heavy atom. The van der Waals surface area contributed by atoms with E-state index in [0.29, 0.717) is 17.2 Å². The number of hydrogen-bond donors (Lipinski definition) is 1. The molecule has 0 bridgehead atoms. The van der Waals surface area contributed by atoms with Gasteiger partial charge in [0.1, 0.15) is 11.6 Å². The molecule has 0 spiro atoms. The summed E-state index contributed by atoms with van der Waals surface area (Å²) in [5, 5.41) is 3.20. The molecule has 1 aromatic heterocycles. The van der Waals surface area contributed by atoms with Crippen LogP contribution in [-0.4, -0.2) is 23.1 Å². The zero-order chi connectivity index (χ0) is 13.4. The van der Waals surface area contributed by atoms with Gasteiger partial charge in [0.25, 0.3) is 0 Å². The van der Waals surface area contributed by atoms with Gasteiger partial charge in [0.15, 0.2) is 0 Å². The molecule has 0 radical (unpaired) electrons. The van der Waals surface area contributed by atoms with Crippen LogP contribution in [0.2, 0.25) is 0 Å². The number of benzene rings is 1. The summed E-state index contributed by atoms with van der Waals surface area (Å²) >= 11 is 3.36. The molecule has 0 atom stereocenters. The van der Waals surface area contributed by atoms with Crippen LogP contribution < -0.4 is 5.32 Å². The fourth-order valence-electron chi connectivity index (χ4n) is 2.08. The van der Waals surface area contributed by atoms with Crippen molar-refractivity contribution >= 4 is 15.9 Å². The Kier molecular flexibility index (Phi) is 3.33. The molecule has 0 saturated carbocycles. The third kappa shape index (κ3) is 2.53. The molecule has 0 unspecified atom stereocenters.